The van der Waals surface area contributed by atoms with Crippen molar-refractivity contribution < 1.29 is 0 Å². The van der Waals surface area contributed by atoms with Crippen LogP contribution >= 0.6 is 15.9 Å². The Morgan fingerprint density at radius 2 is 1.33 bits per heavy atom. The molecular formula is C25H16BrN. The van der Waals surface area contributed by atoms with Crippen molar-refractivity contribution in [3.05, 3.63) is 102 Å². The summed E-state index contributed by atoms with van der Waals surface area (Å²) in [4.78, 5) is 5.09. The fourth-order valence-corrected chi connectivity index (χ4v) is 3.86. The van der Waals surface area contributed by atoms with Gasteiger partial charge in [-0.25, -0.2) is 4.98 Å². The molecule has 2 heteroatoms. The Hall–Kier alpha value is -2.97. The van der Waals surface area contributed by atoms with Gasteiger partial charge in [-0.2, -0.15) is 0 Å². The van der Waals surface area contributed by atoms with Gasteiger partial charge in [-0.1, -0.05) is 88.7 Å². The molecule has 0 spiro atoms. The maximum atomic E-state index is 5.09. The summed E-state index contributed by atoms with van der Waals surface area (Å²) in [5.74, 6) is 0. The Kier molecular flexibility index (Phi) is 3.99. The average molecular weight is 410 g/mol. The molecule has 0 aliphatic heterocycles. The quantitative estimate of drug-likeness (QED) is 0.275. The van der Waals surface area contributed by atoms with E-state index in [2.05, 4.69) is 107 Å². The van der Waals surface area contributed by atoms with Gasteiger partial charge in [0.25, 0.3) is 0 Å². The molecule has 5 rings (SSSR count). The van der Waals surface area contributed by atoms with Crippen LogP contribution < -0.4 is 0 Å². The van der Waals surface area contributed by atoms with E-state index in [1.807, 2.05) is 6.07 Å². The van der Waals surface area contributed by atoms with Crippen molar-refractivity contribution >= 4 is 37.6 Å². The van der Waals surface area contributed by atoms with Crippen molar-refractivity contribution in [2.45, 2.75) is 0 Å². The van der Waals surface area contributed by atoms with E-state index in [0.29, 0.717) is 0 Å². The van der Waals surface area contributed by atoms with Crippen molar-refractivity contribution in [1.82, 2.24) is 4.98 Å². The highest BCUT2D eigenvalue weighted by Crippen LogP contribution is 2.36. The van der Waals surface area contributed by atoms with E-state index in [1.165, 1.54) is 21.7 Å². The van der Waals surface area contributed by atoms with Crippen LogP contribution in [0.5, 0.6) is 0 Å². The van der Waals surface area contributed by atoms with E-state index in [4.69, 9.17) is 4.98 Å². The number of hydrogen-bond donors (Lipinski definition) is 0. The van der Waals surface area contributed by atoms with Crippen molar-refractivity contribution in [3.63, 3.8) is 0 Å². The Balaban J connectivity index is 1.87. The topological polar surface area (TPSA) is 12.9 Å². The van der Waals surface area contributed by atoms with Gasteiger partial charge in [0.15, 0.2) is 0 Å². The zero-order valence-electron chi connectivity index (χ0n) is 14.6. The lowest BCUT2D eigenvalue weighted by Crippen LogP contribution is -1.92. The van der Waals surface area contributed by atoms with Gasteiger partial charge in [0, 0.05) is 21.0 Å². The van der Waals surface area contributed by atoms with Gasteiger partial charge >= 0.3 is 0 Å². The molecule has 128 valence electrons. The summed E-state index contributed by atoms with van der Waals surface area (Å²) in [6, 6.07) is 33.9. The summed E-state index contributed by atoms with van der Waals surface area (Å²) >= 11 is 3.53. The van der Waals surface area contributed by atoms with Crippen molar-refractivity contribution in [1.29, 1.82) is 0 Å². The molecule has 0 bridgehead atoms. The largest absolute Gasteiger partial charge is 0.247 e. The van der Waals surface area contributed by atoms with Crippen LogP contribution in [0.3, 0.4) is 0 Å². The Morgan fingerprint density at radius 1 is 0.593 bits per heavy atom. The van der Waals surface area contributed by atoms with Crippen molar-refractivity contribution in [2.24, 2.45) is 0 Å². The number of aromatic nitrogens is 1. The summed E-state index contributed by atoms with van der Waals surface area (Å²) in [6.45, 7) is 0. The normalized spacial score (nSPS) is 11.1. The van der Waals surface area contributed by atoms with Crippen LogP contribution in [0.1, 0.15) is 0 Å². The lowest BCUT2D eigenvalue weighted by atomic mass is 9.95. The number of benzene rings is 4. The smallest absolute Gasteiger partial charge is 0.0788 e. The lowest BCUT2D eigenvalue weighted by molar-refractivity contribution is 1.40. The standard InChI is InChI=1S/C25H16BrN/c26-20-13-10-19(11-14-20)25-22(17-6-2-1-3-7-17)16-23-21-9-5-4-8-18(21)12-15-24(23)27-25/h1-16H. The van der Waals surface area contributed by atoms with Crippen molar-refractivity contribution in [3.8, 4) is 22.4 Å². The fourth-order valence-electron chi connectivity index (χ4n) is 3.59. The van der Waals surface area contributed by atoms with E-state index >= 15 is 0 Å². The van der Waals surface area contributed by atoms with Gasteiger partial charge < -0.3 is 0 Å². The average Bonchev–Trinajstić information content (AvgIpc) is 2.74. The van der Waals surface area contributed by atoms with E-state index in [0.717, 1.165) is 26.8 Å². The first-order valence-corrected chi connectivity index (χ1v) is 9.73. The molecule has 0 N–H and O–H groups in total. The third kappa shape index (κ3) is 2.92. The first kappa shape index (κ1) is 16.2. The van der Waals surface area contributed by atoms with Crippen LogP contribution in [0.25, 0.3) is 44.1 Å². The minimum absolute atomic E-state index is 1.01. The second-order valence-electron chi connectivity index (χ2n) is 6.61. The molecule has 5 aromatic rings. The number of hydrogen-bond acceptors (Lipinski definition) is 1. The highest BCUT2D eigenvalue weighted by molar-refractivity contribution is 9.10. The third-order valence-corrected chi connectivity index (χ3v) is 5.45. The Bertz CT molecular complexity index is 1260. The van der Waals surface area contributed by atoms with E-state index < -0.39 is 0 Å². The molecule has 0 saturated heterocycles. The van der Waals surface area contributed by atoms with Crippen LogP contribution in [0.15, 0.2) is 102 Å². The van der Waals surface area contributed by atoms with Gasteiger partial charge in [0.2, 0.25) is 0 Å². The first-order valence-electron chi connectivity index (χ1n) is 8.93. The molecule has 0 saturated carbocycles. The molecule has 1 nitrogen and oxygen atoms in total. The van der Waals surface area contributed by atoms with Gasteiger partial charge in [0.05, 0.1) is 11.2 Å². The van der Waals surface area contributed by atoms with Crippen LogP contribution in [-0.2, 0) is 0 Å². The molecule has 27 heavy (non-hydrogen) atoms. The van der Waals surface area contributed by atoms with Gasteiger partial charge in [-0.15, -0.1) is 0 Å². The van der Waals surface area contributed by atoms with Crippen molar-refractivity contribution in [2.75, 3.05) is 0 Å². The number of pyridine rings is 1. The molecule has 0 fully saturated rings. The molecule has 0 aliphatic rings. The zero-order valence-corrected chi connectivity index (χ0v) is 16.1. The molecule has 0 atom stereocenters. The summed E-state index contributed by atoms with van der Waals surface area (Å²) in [5.41, 5.74) is 5.48. The third-order valence-electron chi connectivity index (χ3n) is 4.93. The molecular weight excluding hydrogens is 394 g/mol. The van der Waals surface area contributed by atoms with Crippen LogP contribution in [-0.4, -0.2) is 4.98 Å². The predicted octanol–water partition coefficient (Wildman–Crippen LogP) is 7.48. The first-order chi connectivity index (χ1) is 13.3. The monoisotopic (exact) mass is 409 g/mol. The molecule has 0 amide bonds. The minimum atomic E-state index is 1.01. The van der Waals surface area contributed by atoms with Crippen LogP contribution in [0, 0.1) is 0 Å². The highest BCUT2D eigenvalue weighted by atomic mass is 79.9. The molecule has 1 heterocycles. The second-order valence-corrected chi connectivity index (χ2v) is 7.53. The summed E-state index contributed by atoms with van der Waals surface area (Å²) in [7, 11) is 0. The minimum Gasteiger partial charge on any atom is -0.247 e. The lowest BCUT2D eigenvalue weighted by Gasteiger charge is -2.13. The predicted molar refractivity (Wildman–Crippen MR) is 118 cm³/mol. The van der Waals surface area contributed by atoms with Gasteiger partial charge in [-0.05, 0) is 40.6 Å². The molecule has 4 aromatic carbocycles. The van der Waals surface area contributed by atoms with E-state index in [9.17, 15) is 0 Å². The SMILES string of the molecule is Brc1ccc(-c2nc3ccc4ccccc4c3cc2-c2ccccc2)cc1. The summed E-state index contributed by atoms with van der Waals surface area (Å²) in [6.07, 6.45) is 0. The summed E-state index contributed by atoms with van der Waals surface area (Å²) in [5, 5.41) is 3.66. The molecule has 0 aliphatic carbocycles. The zero-order chi connectivity index (χ0) is 18.2. The second kappa shape index (κ2) is 6.64. The van der Waals surface area contributed by atoms with Crippen LogP contribution in [0.4, 0.5) is 0 Å². The Labute approximate surface area is 166 Å². The summed E-state index contributed by atoms with van der Waals surface area (Å²) < 4.78 is 1.07. The number of nitrogens with zero attached hydrogens (tertiary/aromatic N) is 1. The maximum Gasteiger partial charge on any atom is 0.0788 e. The van der Waals surface area contributed by atoms with Gasteiger partial charge in [0.1, 0.15) is 0 Å². The van der Waals surface area contributed by atoms with E-state index in [-0.39, 0.29) is 0 Å². The van der Waals surface area contributed by atoms with Crippen LogP contribution in [0.2, 0.25) is 0 Å². The number of rotatable bonds is 2. The fraction of sp³-hybridized carbons (Fsp3) is 0. The molecule has 0 radical (unpaired) electrons. The van der Waals surface area contributed by atoms with Gasteiger partial charge in [-0.3, -0.25) is 0 Å². The number of fused-ring (bicyclic) bond motifs is 3. The Morgan fingerprint density at radius 3 is 2.15 bits per heavy atom. The van der Waals surface area contributed by atoms with E-state index in [1.54, 1.807) is 0 Å². The number of halogens is 1. The highest BCUT2D eigenvalue weighted by Gasteiger charge is 2.13. The molecule has 1 aromatic heterocycles. The molecule has 0 unspecified atom stereocenters. The maximum absolute atomic E-state index is 5.09.